The molecule has 0 N–H and O–H groups in total. The molecule has 0 heterocycles. The Labute approximate surface area is 134 Å². The number of carbonyl (C=O) groups is 1. The molecule has 4 nitrogen and oxygen atoms in total. The minimum absolute atomic E-state index is 0.0165. The van der Waals surface area contributed by atoms with Gasteiger partial charge in [-0.05, 0) is 31.4 Å². The molecule has 0 unspecified atom stereocenters. The van der Waals surface area contributed by atoms with Gasteiger partial charge in [0.15, 0.2) is 0 Å². The van der Waals surface area contributed by atoms with Gasteiger partial charge in [0.05, 0.1) is 15.5 Å². The minimum Gasteiger partial charge on any atom is -0.336 e. The molecule has 1 aromatic carbocycles. The monoisotopic (exact) mass is 349 g/mol. The number of unbranched alkanes of at least 4 members (excludes halogenated alkanes) is 1. The molecule has 0 aromatic heterocycles. The fourth-order valence-corrected chi connectivity index (χ4v) is 3.60. The Morgan fingerprint density at radius 3 is 2.57 bits per heavy atom. The molecular weight excluding hydrogens is 333 g/mol. The summed E-state index contributed by atoms with van der Waals surface area (Å²) in [5.41, 5.74) is -0.0165. The van der Waals surface area contributed by atoms with Gasteiger partial charge in [-0.1, -0.05) is 31.0 Å². The Kier molecular flexibility index (Phi) is 5.17. The largest absolute Gasteiger partial charge is 0.336 e. The Bertz CT molecular complexity index is 642. The standard InChI is InChI=1S/C14H17Cl2NO3S/c1-2-3-9-17(10-7-8-10)14(18)13-11(15)5-4-6-12(13)21(16,19)20/h4-6,10H,2-3,7-9H2,1H3. The number of nitrogens with zero attached hydrogens (tertiary/aromatic N) is 1. The molecule has 0 aliphatic heterocycles. The van der Waals surface area contributed by atoms with E-state index in [0.29, 0.717) is 6.54 Å². The highest BCUT2D eigenvalue weighted by Crippen LogP contribution is 2.33. The third kappa shape index (κ3) is 3.90. The van der Waals surface area contributed by atoms with Crippen molar-refractivity contribution in [3.8, 4) is 0 Å². The van der Waals surface area contributed by atoms with Crippen molar-refractivity contribution < 1.29 is 13.2 Å². The van der Waals surface area contributed by atoms with Gasteiger partial charge in [-0.15, -0.1) is 0 Å². The predicted molar refractivity (Wildman–Crippen MR) is 83.5 cm³/mol. The van der Waals surface area contributed by atoms with Crippen LogP contribution in [0, 0.1) is 0 Å². The molecular formula is C14H17Cl2NO3S. The highest BCUT2D eigenvalue weighted by Gasteiger charge is 2.35. The number of rotatable bonds is 6. The highest BCUT2D eigenvalue weighted by molar-refractivity contribution is 8.13. The van der Waals surface area contributed by atoms with E-state index in [2.05, 4.69) is 0 Å². The third-order valence-corrected chi connectivity index (χ3v) is 5.13. The number of benzene rings is 1. The van der Waals surface area contributed by atoms with Gasteiger partial charge in [-0.25, -0.2) is 8.42 Å². The van der Waals surface area contributed by atoms with Gasteiger partial charge >= 0.3 is 0 Å². The van der Waals surface area contributed by atoms with Crippen molar-refractivity contribution in [2.24, 2.45) is 0 Å². The summed E-state index contributed by atoms with van der Waals surface area (Å²) in [5.74, 6) is -0.351. The Balaban J connectivity index is 2.42. The lowest BCUT2D eigenvalue weighted by Crippen LogP contribution is -2.35. The summed E-state index contributed by atoms with van der Waals surface area (Å²) in [6, 6.07) is 4.48. The number of hydrogen-bond acceptors (Lipinski definition) is 3. The van der Waals surface area contributed by atoms with Crippen LogP contribution < -0.4 is 0 Å². The van der Waals surface area contributed by atoms with E-state index in [1.165, 1.54) is 18.2 Å². The lowest BCUT2D eigenvalue weighted by molar-refractivity contribution is 0.0737. The zero-order valence-corrected chi connectivity index (χ0v) is 14.0. The topological polar surface area (TPSA) is 54.5 Å². The Morgan fingerprint density at radius 1 is 1.38 bits per heavy atom. The first-order chi connectivity index (χ1) is 9.86. The van der Waals surface area contributed by atoms with Crippen molar-refractivity contribution in [1.82, 2.24) is 4.90 Å². The van der Waals surface area contributed by atoms with Crippen LogP contribution in [-0.4, -0.2) is 31.8 Å². The van der Waals surface area contributed by atoms with Crippen LogP contribution in [0.15, 0.2) is 23.1 Å². The smallest absolute Gasteiger partial charge is 0.262 e. The van der Waals surface area contributed by atoms with Gasteiger partial charge < -0.3 is 4.90 Å². The lowest BCUT2D eigenvalue weighted by atomic mass is 10.1. The van der Waals surface area contributed by atoms with Crippen molar-refractivity contribution in [3.05, 3.63) is 28.8 Å². The first-order valence-electron chi connectivity index (χ1n) is 6.90. The van der Waals surface area contributed by atoms with Gasteiger partial charge in [0.1, 0.15) is 0 Å². The van der Waals surface area contributed by atoms with E-state index in [4.69, 9.17) is 22.3 Å². The third-order valence-electron chi connectivity index (χ3n) is 3.45. The first kappa shape index (κ1) is 16.6. The summed E-state index contributed by atoms with van der Waals surface area (Å²) in [6.07, 6.45) is 3.72. The molecule has 0 saturated heterocycles. The van der Waals surface area contributed by atoms with Crippen LogP contribution >= 0.6 is 22.3 Å². The summed E-state index contributed by atoms with van der Waals surface area (Å²) in [6.45, 7) is 2.65. The normalized spacial score (nSPS) is 15.0. The molecule has 1 aromatic rings. The van der Waals surface area contributed by atoms with Crippen LogP contribution in [0.4, 0.5) is 0 Å². The van der Waals surface area contributed by atoms with Gasteiger partial charge in [0, 0.05) is 23.3 Å². The minimum atomic E-state index is -4.02. The van der Waals surface area contributed by atoms with E-state index in [1.807, 2.05) is 6.92 Å². The summed E-state index contributed by atoms with van der Waals surface area (Å²) < 4.78 is 23.3. The molecule has 0 spiro atoms. The van der Waals surface area contributed by atoms with Crippen LogP contribution in [0.25, 0.3) is 0 Å². The predicted octanol–water partition coefficient (Wildman–Crippen LogP) is 3.67. The number of halogens is 2. The summed E-state index contributed by atoms with van der Waals surface area (Å²) in [7, 11) is 1.41. The zero-order chi connectivity index (χ0) is 15.6. The molecule has 7 heteroatoms. The molecule has 2 rings (SSSR count). The van der Waals surface area contributed by atoms with E-state index < -0.39 is 9.05 Å². The second kappa shape index (κ2) is 6.55. The van der Waals surface area contributed by atoms with Crippen molar-refractivity contribution in [1.29, 1.82) is 0 Å². The van der Waals surface area contributed by atoms with Gasteiger partial charge in [-0.3, -0.25) is 4.79 Å². The molecule has 0 bridgehead atoms. The maximum absolute atomic E-state index is 12.7. The van der Waals surface area contributed by atoms with Crippen LogP contribution in [0.5, 0.6) is 0 Å². The lowest BCUT2D eigenvalue weighted by Gasteiger charge is -2.23. The number of amides is 1. The molecule has 1 aliphatic rings. The second-order valence-corrected chi connectivity index (χ2v) is 8.08. The first-order valence-corrected chi connectivity index (χ1v) is 9.59. The SMILES string of the molecule is CCCCN(C(=O)c1c(Cl)cccc1S(=O)(=O)Cl)C1CC1. The number of carbonyl (C=O) groups excluding carboxylic acids is 1. The van der Waals surface area contributed by atoms with Gasteiger partial charge in [0.2, 0.25) is 0 Å². The van der Waals surface area contributed by atoms with Crippen molar-refractivity contribution in [3.63, 3.8) is 0 Å². The average molecular weight is 350 g/mol. The molecule has 0 radical (unpaired) electrons. The molecule has 116 valence electrons. The van der Waals surface area contributed by atoms with Gasteiger partial charge in [-0.2, -0.15) is 0 Å². The second-order valence-electron chi connectivity index (χ2n) is 5.13. The Hall–Kier alpha value is -0.780. The maximum atomic E-state index is 12.7. The van der Waals surface area contributed by atoms with Gasteiger partial charge in [0.25, 0.3) is 15.0 Å². The zero-order valence-electron chi connectivity index (χ0n) is 11.7. The molecule has 1 fully saturated rings. The fraction of sp³-hybridized carbons (Fsp3) is 0.500. The molecule has 0 atom stereocenters. The summed E-state index contributed by atoms with van der Waals surface area (Å²) in [5, 5.41) is 0.115. The Morgan fingerprint density at radius 2 is 2.05 bits per heavy atom. The fourth-order valence-electron chi connectivity index (χ4n) is 2.22. The quantitative estimate of drug-likeness (QED) is 0.736. The van der Waals surface area contributed by atoms with Crippen molar-refractivity contribution in [2.45, 2.75) is 43.5 Å². The van der Waals surface area contributed by atoms with Crippen LogP contribution in [0.3, 0.4) is 0 Å². The summed E-state index contributed by atoms with van der Waals surface area (Å²) in [4.78, 5) is 14.2. The van der Waals surface area contributed by atoms with E-state index in [-0.39, 0.29) is 27.4 Å². The maximum Gasteiger partial charge on any atom is 0.262 e. The van der Waals surface area contributed by atoms with Crippen LogP contribution in [0.2, 0.25) is 5.02 Å². The van der Waals surface area contributed by atoms with E-state index in [9.17, 15) is 13.2 Å². The van der Waals surface area contributed by atoms with E-state index >= 15 is 0 Å². The molecule has 1 aliphatic carbocycles. The van der Waals surface area contributed by atoms with E-state index in [1.54, 1.807) is 4.90 Å². The van der Waals surface area contributed by atoms with E-state index in [0.717, 1.165) is 25.7 Å². The highest BCUT2D eigenvalue weighted by atomic mass is 35.7. The molecule has 1 amide bonds. The van der Waals surface area contributed by atoms with Crippen LogP contribution in [-0.2, 0) is 9.05 Å². The summed E-state index contributed by atoms with van der Waals surface area (Å²) >= 11 is 6.06. The molecule has 21 heavy (non-hydrogen) atoms. The van der Waals surface area contributed by atoms with Crippen molar-refractivity contribution in [2.75, 3.05) is 6.54 Å². The van der Waals surface area contributed by atoms with Crippen molar-refractivity contribution >= 4 is 37.2 Å². The van der Waals surface area contributed by atoms with Crippen LogP contribution in [0.1, 0.15) is 43.0 Å². The average Bonchev–Trinajstić information content (AvgIpc) is 3.22. The molecule has 1 saturated carbocycles. The number of hydrogen-bond donors (Lipinski definition) is 0.